The molecular weight excluding hydrogens is 569 g/mol. The Balaban J connectivity index is 1.99. The number of benzene rings is 2. The molecule has 38 heavy (non-hydrogen) atoms. The van der Waals surface area contributed by atoms with E-state index < -0.39 is 28.5 Å². The van der Waals surface area contributed by atoms with Crippen molar-refractivity contribution in [1.82, 2.24) is 10.2 Å². The van der Waals surface area contributed by atoms with Crippen LogP contribution in [0.2, 0.25) is 15.1 Å². The number of halogens is 3. The highest BCUT2D eigenvalue weighted by Crippen LogP contribution is 2.30. The number of carbonyl (C=O) groups excluding carboxylic acids is 2. The van der Waals surface area contributed by atoms with Gasteiger partial charge in [-0.1, -0.05) is 73.1 Å². The Morgan fingerprint density at radius 3 is 2.16 bits per heavy atom. The van der Waals surface area contributed by atoms with Gasteiger partial charge in [0.2, 0.25) is 21.8 Å². The molecule has 1 fully saturated rings. The summed E-state index contributed by atoms with van der Waals surface area (Å²) < 4.78 is 26.7. The minimum absolute atomic E-state index is 0.0489. The van der Waals surface area contributed by atoms with Gasteiger partial charge in [0.1, 0.15) is 12.6 Å². The maximum atomic E-state index is 13.9. The van der Waals surface area contributed by atoms with Crippen molar-refractivity contribution in [2.45, 2.75) is 71.0 Å². The van der Waals surface area contributed by atoms with Crippen molar-refractivity contribution >= 4 is 62.3 Å². The van der Waals surface area contributed by atoms with Crippen LogP contribution in [0.4, 0.5) is 5.69 Å². The molecule has 2 amide bonds. The first kappa shape index (κ1) is 30.5. The van der Waals surface area contributed by atoms with E-state index in [1.807, 2.05) is 6.92 Å². The molecule has 1 unspecified atom stereocenters. The Bertz CT molecular complexity index is 1250. The van der Waals surface area contributed by atoms with Gasteiger partial charge in [0.25, 0.3) is 0 Å². The summed E-state index contributed by atoms with van der Waals surface area (Å²) in [6.07, 6.45) is 6.36. The summed E-state index contributed by atoms with van der Waals surface area (Å²) >= 11 is 19.1. The van der Waals surface area contributed by atoms with Crippen LogP contribution in [0.3, 0.4) is 0 Å². The molecule has 0 spiro atoms. The first-order valence-electron chi connectivity index (χ1n) is 12.7. The Morgan fingerprint density at radius 2 is 1.58 bits per heavy atom. The molecule has 0 bridgehead atoms. The van der Waals surface area contributed by atoms with E-state index in [1.54, 1.807) is 43.3 Å². The third-order valence-corrected chi connectivity index (χ3v) is 9.16. The van der Waals surface area contributed by atoms with Crippen molar-refractivity contribution in [3.05, 3.63) is 62.6 Å². The van der Waals surface area contributed by atoms with Crippen LogP contribution in [0, 0.1) is 6.92 Å². The highest BCUT2D eigenvalue weighted by molar-refractivity contribution is 7.92. The number of rotatable bonds is 10. The van der Waals surface area contributed by atoms with Crippen LogP contribution in [-0.4, -0.2) is 50.0 Å². The first-order chi connectivity index (χ1) is 17.9. The van der Waals surface area contributed by atoms with Crippen LogP contribution >= 0.6 is 34.8 Å². The van der Waals surface area contributed by atoms with Crippen LogP contribution in [0.5, 0.6) is 0 Å². The highest BCUT2D eigenvalue weighted by atomic mass is 35.5. The van der Waals surface area contributed by atoms with Gasteiger partial charge in [0, 0.05) is 33.2 Å². The number of hydrogen-bond acceptors (Lipinski definition) is 4. The quantitative estimate of drug-likeness (QED) is 0.363. The van der Waals surface area contributed by atoms with Crippen molar-refractivity contribution < 1.29 is 18.0 Å². The Morgan fingerprint density at radius 1 is 1.00 bits per heavy atom. The standard InChI is InChI=1S/C27H34Cl3N3O4S/c1-4-24(27(35)31-19-10-6-5-7-11-19)32(16-20-22(29)13-8-14-23(20)30)26(34)17-33(38(3,36)37)25-15-9-12-21(28)18(25)2/h8-9,12-15,19,24H,4-7,10-11,16-17H2,1-3H3,(H,31,35). The van der Waals surface area contributed by atoms with Gasteiger partial charge in [-0.05, 0) is 56.0 Å². The van der Waals surface area contributed by atoms with Gasteiger partial charge in [-0.15, -0.1) is 0 Å². The van der Waals surface area contributed by atoms with Gasteiger partial charge >= 0.3 is 0 Å². The second kappa shape index (κ2) is 13.4. The van der Waals surface area contributed by atoms with Crippen molar-refractivity contribution in [1.29, 1.82) is 0 Å². The molecule has 0 radical (unpaired) electrons. The summed E-state index contributed by atoms with van der Waals surface area (Å²) in [5.41, 5.74) is 1.30. The predicted molar refractivity (Wildman–Crippen MR) is 154 cm³/mol. The number of hydrogen-bond donors (Lipinski definition) is 1. The van der Waals surface area contributed by atoms with E-state index in [-0.39, 0.29) is 18.5 Å². The zero-order chi connectivity index (χ0) is 28.0. The minimum Gasteiger partial charge on any atom is -0.352 e. The van der Waals surface area contributed by atoms with E-state index in [0.717, 1.165) is 42.7 Å². The molecule has 1 N–H and O–H groups in total. The van der Waals surface area contributed by atoms with E-state index >= 15 is 0 Å². The third-order valence-electron chi connectivity index (χ3n) is 6.91. The van der Waals surface area contributed by atoms with E-state index in [2.05, 4.69) is 5.32 Å². The smallest absolute Gasteiger partial charge is 0.244 e. The number of anilines is 1. The molecule has 1 saturated carbocycles. The molecule has 0 aliphatic heterocycles. The number of nitrogens with zero attached hydrogens (tertiary/aromatic N) is 2. The molecule has 0 saturated heterocycles. The second-order valence-corrected chi connectivity index (χ2v) is 12.8. The number of amides is 2. The molecule has 1 aliphatic rings. The fourth-order valence-corrected chi connectivity index (χ4v) is 6.37. The molecular formula is C27H34Cl3N3O4S. The summed E-state index contributed by atoms with van der Waals surface area (Å²) in [4.78, 5) is 28.8. The Labute approximate surface area is 240 Å². The molecule has 1 aliphatic carbocycles. The zero-order valence-corrected chi connectivity index (χ0v) is 24.9. The van der Waals surface area contributed by atoms with Gasteiger partial charge in [0.15, 0.2) is 0 Å². The van der Waals surface area contributed by atoms with E-state index in [0.29, 0.717) is 38.3 Å². The van der Waals surface area contributed by atoms with Crippen LogP contribution < -0.4 is 9.62 Å². The Kier molecular flexibility index (Phi) is 10.7. The molecule has 0 heterocycles. The fourth-order valence-electron chi connectivity index (χ4n) is 4.78. The Hall–Kier alpha value is -2.00. The average molecular weight is 603 g/mol. The summed E-state index contributed by atoms with van der Waals surface area (Å²) in [5, 5.41) is 4.18. The zero-order valence-electron chi connectivity index (χ0n) is 21.8. The SMILES string of the molecule is CCC(C(=O)NC1CCCCC1)N(Cc1c(Cl)cccc1Cl)C(=O)CN(c1cccc(Cl)c1C)S(C)(=O)=O. The first-order valence-corrected chi connectivity index (χ1v) is 15.7. The molecule has 208 valence electrons. The molecule has 0 aromatic heterocycles. The molecule has 11 heteroatoms. The van der Waals surface area contributed by atoms with E-state index in [9.17, 15) is 18.0 Å². The maximum absolute atomic E-state index is 13.9. The summed E-state index contributed by atoms with van der Waals surface area (Å²) in [7, 11) is -3.88. The lowest BCUT2D eigenvalue weighted by Gasteiger charge is -2.34. The average Bonchev–Trinajstić information content (AvgIpc) is 2.86. The lowest BCUT2D eigenvalue weighted by molar-refractivity contribution is -0.140. The molecule has 1 atom stereocenters. The van der Waals surface area contributed by atoms with Crippen LogP contribution in [0.25, 0.3) is 0 Å². The van der Waals surface area contributed by atoms with E-state index in [4.69, 9.17) is 34.8 Å². The van der Waals surface area contributed by atoms with Gasteiger partial charge in [-0.3, -0.25) is 13.9 Å². The summed E-state index contributed by atoms with van der Waals surface area (Å²) in [5.74, 6) is -0.836. The highest BCUT2D eigenvalue weighted by Gasteiger charge is 2.34. The fraction of sp³-hybridized carbons (Fsp3) is 0.481. The number of sulfonamides is 1. The monoisotopic (exact) mass is 601 g/mol. The van der Waals surface area contributed by atoms with Crippen molar-refractivity contribution in [2.24, 2.45) is 0 Å². The van der Waals surface area contributed by atoms with Gasteiger partial charge in [-0.2, -0.15) is 0 Å². The third kappa shape index (κ3) is 7.56. The van der Waals surface area contributed by atoms with Gasteiger partial charge in [0.05, 0.1) is 11.9 Å². The number of carbonyl (C=O) groups is 2. The number of nitrogens with one attached hydrogen (secondary N) is 1. The van der Waals surface area contributed by atoms with E-state index in [1.165, 1.54) is 4.90 Å². The minimum atomic E-state index is -3.88. The summed E-state index contributed by atoms with van der Waals surface area (Å²) in [6.45, 7) is 2.93. The molecule has 3 rings (SSSR count). The van der Waals surface area contributed by atoms with Crippen molar-refractivity contribution in [3.63, 3.8) is 0 Å². The predicted octanol–water partition coefficient (Wildman–Crippen LogP) is 5.98. The van der Waals surface area contributed by atoms with Gasteiger partial charge < -0.3 is 10.2 Å². The van der Waals surface area contributed by atoms with Gasteiger partial charge in [-0.25, -0.2) is 8.42 Å². The van der Waals surface area contributed by atoms with Crippen LogP contribution in [-0.2, 0) is 26.2 Å². The van der Waals surface area contributed by atoms with Crippen molar-refractivity contribution in [2.75, 3.05) is 17.1 Å². The topological polar surface area (TPSA) is 86.8 Å². The normalized spacial score (nSPS) is 15.1. The summed E-state index contributed by atoms with van der Waals surface area (Å²) in [6, 6.07) is 9.09. The molecule has 2 aromatic carbocycles. The maximum Gasteiger partial charge on any atom is 0.244 e. The lowest BCUT2D eigenvalue weighted by atomic mass is 9.95. The van der Waals surface area contributed by atoms with Crippen LogP contribution in [0.15, 0.2) is 36.4 Å². The lowest BCUT2D eigenvalue weighted by Crippen LogP contribution is -2.54. The largest absolute Gasteiger partial charge is 0.352 e. The van der Waals surface area contributed by atoms with Crippen LogP contribution in [0.1, 0.15) is 56.6 Å². The molecule has 7 nitrogen and oxygen atoms in total. The van der Waals surface area contributed by atoms with Crippen molar-refractivity contribution in [3.8, 4) is 0 Å². The molecule has 2 aromatic rings. The second-order valence-electron chi connectivity index (χ2n) is 9.64.